The molecule has 0 spiro atoms. The van der Waals surface area contributed by atoms with Crippen LogP contribution in [0.1, 0.15) is 5.56 Å². The summed E-state index contributed by atoms with van der Waals surface area (Å²) < 4.78 is 7.17. The fourth-order valence-electron chi connectivity index (χ4n) is 1.52. The van der Waals surface area contributed by atoms with Gasteiger partial charge in [-0.05, 0) is 36.8 Å². The van der Waals surface area contributed by atoms with Crippen LogP contribution in [0.2, 0.25) is 0 Å². The highest BCUT2D eigenvalue weighted by Crippen LogP contribution is 2.20. The number of hydrogen-bond acceptors (Lipinski definition) is 3. The van der Waals surface area contributed by atoms with Crippen LogP contribution in [0.3, 0.4) is 0 Å². The van der Waals surface area contributed by atoms with Crippen LogP contribution in [0.5, 0.6) is 5.75 Å². The first-order valence-electron chi connectivity index (χ1n) is 5.15. The minimum absolute atomic E-state index is 0.0281. The Hall–Kier alpha value is -1.81. The average Bonchev–Trinajstić information content (AvgIpc) is 2.81. The number of benzene rings is 1. The molecule has 0 aliphatic rings. The maximum Gasteiger partial charge on any atom is 0.122 e. The number of hydrogen-bond donors (Lipinski definition) is 1. The van der Waals surface area contributed by atoms with Gasteiger partial charge in [0.05, 0.1) is 12.3 Å². The monoisotopic (exact) mass is 218 g/mol. The molecule has 2 aromatic rings. The molecule has 16 heavy (non-hydrogen) atoms. The van der Waals surface area contributed by atoms with Crippen LogP contribution < -0.4 is 4.74 Å². The molecule has 1 aromatic carbocycles. The summed E-state index contributed by atoms with van der Waals surface area (Å²) in [6, 6.07) is 7.71. The molecular weight excluding hydrogens is 204 g/mol. The summed E-state index contributed by atoms with van der Waals surface area (Å²) in [4.78, 5) is 0. The molecule has 1 N–H and O–H groups in total. The Morgan fingerprint density at radius 1 is 1.44 bits per heavy atom. The summed E-state index contributed by atoms with van der Waals surface area (Å²) >= 11 is 0. The van der Waals surface area contributed by atoms with E-state index in [1.54, 1.807) is 10.9 Å². The molecule has 4 nitrogen and oxygen atoms in total. The molecule has 0 unspecified atom stereocenters. The van der Waals surface area contributed by atoms with Crippen molar-refractivity contribution < 1.29 is 9.84 Å². The van der Waals surface area contributed by atoms with Gasteiger partial charge in [0, 0.05) is 12.4 Å². The van der Waals surface area contributed by atoms with Crippen molar-refractivity contribution in [2.24, 2.45) is 0 Å². The van der Waals surface area contributed by atoms with Gasteiger partial charge in [0.2, 0.25) is 0 Å². The number of aryl methyl sites for hydroxylation is 1. The van der Waals surface area contributed by atoms with E-state index in [0.717, 1.165) is 17.0 Å². The van der Waals surface area contributed by atoms with Crippen LogP contribution in [0.15, 0.2) is 36.7 Å². The summed E-state index contributed by atoms with van der Waals surface area (Å²) in [5.74, 6) is 0.796. The Balaban J connectivity index is 2.23. The molecule has 2 rings (SSSR count). The molecule has 4 heteroatoms. The zero-order valence-corrected chi connectivity index (χ0v) is 9.13. The summed E-state index contributed by atoms with van der Waals surface area (Å²) in [6.07, 6.45) is 3.63. The average molecular weight is 218 g/mol. The van der Waals surface area contributed by atoms with Crippen molar-refractivity contribution in [3.8, 4) is 11.4 Å². The van der Waals surface area contributed by atoms with Crippen LogP contribution >= 0.6 is 0 Å². The maximum absolute atomic E-state index is 8.68. The van der Waals surface area contributed by atoms with E-state index in [1.165, 1.54) is 0 Å². The van der Waals surface area contributed by atoms with Gasteiger partial charge in [0.1, 0.15) is 12.4 Å². The molecule has 0 radical (unpaired) electrons. The summed E-state index contributed by atoms with van der Waals surface area (Å²) in [5, 5.41) is 12.8. The van der Waals surface area contributed by atoms with Gasteiger partial charge in [-0.15, -0.1) is 0 Å². The van der Waals surface area contributed by atoms with Crippen molar-refractivity contribution in [1.82, 2.24) is 9.78 Å². The van der Waals surface area contributed by atoms with E-state index < -0.39 is 0 Å². The Labute approximate surface area is 94.1 Å². The topological polar surface area (TPSA) is 47.3 Å². The lowest BCUT2D eigenvalue weighted by atomic mass is 10.2. The first kappa shape index (κ1) is 10.7. The second-order valence-corrected chi connectivity index (χ2v) is 3.47. The molecule has 0 amide bonds. The van der Waals surface area contributed by atoms with Crippen LogP contribution in [0, 0.1) is 6.92 Å². The van der Waals surface area contributed by atoms with E-state index in [0.29, 0.717) is 6.61 Å². The quantitative estimate of drug-likeness (QED) is 0.847. The lowest BCUT2D eigenvalue weighted by Gasteiger charge is -2.09. The molecule has 1 aromatic heterocycles. The van der Waals surface area contributed by atoms with Crippen molar-refractivity contribution in [1.29, 1.82) is 0 Å². The van der Waals surface area contributed by atoms with Gasteiger partial charge in [0.25, 0.3) is 0 Å². The van der Waals surface area contributed by atoms with Crippen LogP contribution in [0.25, 0.3) is 5.69 Å². The third-order valence-corrected chi connectivity index (χ3v) is 2.28. The standard InChI is InChI=1S/C12H14N2O2/c1-10-9-11(14-6-2-5-13-14)3-4-12(10)16-8-7-15/h2-6,9,15H,7-8H2,1H3. The second-order valence-electron chi connectivity index (χ2n) is 3.47. The molecule has 0 aliphatic carbocycles. The predicted molar refractivity (Wildman–Crippen MR) is 60.9 cm³/mol. The van der Waals surface area contributed by atoms with Gasteiger partial charge in [-0.3, -0.25) is 0 Å². The van der Waals surface area contributed by atoms with Gasteiger partial charge >= 0.3 is 0 Å². The number of aromatic nitrogens is 2. The molecule has 0 aliphatic heterocycles. The molecule has 0 atom stereocenters. The number of aliphatic hydroxyl groups is 1. The predicted octanol–water partition coefficient (Wildman–Crippen LogP) is 1.55. The molecule has 0 saturated heterocycles. The SMILES string of the molecule is Cc1cc(-n2cccn2)ccc1OCCO. The van der Waals surface area contributed by atoms with Gasteiger partial charge in [-0.2, -0.15) is 5.10 Å². The van der Waals surface area contributed by atoms with E-state index in [2.05, 4.69) is 5.10 Å². The zero-order chi connectivity index (χ0) is 11.4. The fourth-order valence-corrected chi connectivity index (χ4v) is 1.52. The second kappa shape index (κ2) is 4.81. The first-order chi connectivity index (χ1) is 7.81. The van der Waals surface area contributed by atoms with Crippen molar-refractivity contribution in [3.63, 3.8) is 0 Å². The smallest absolute Gasteiger partial charge is 0.122 e. The Bertz CT molecular complexity index is 452. The molecule has 1 heterocycles. The van der Waals surface area contributed by atoms with Crippen LogP contribution in [-0.2, 0) is 0 Å². The highest BCUT2D eigenvalue weighted by atomic mass is 16.5. The van der Waals surface area contributed by atoms with E-state index in [-0.39, 0.29) is 6.61 Å². The lowest BCUT2D eigenvalue weighted by molar-refractivity contribution is 0.200. The fraction of sp³-hybridized carbons (Fsp3) is 0.250. The van der Waals surface area contributed by atoms with Gasteiger partial charge in [-0.25, -0.2) is 4.68 Å². The lowest BCUT2D eigenvalue weighted by Crippen LogP contribution is -2.03. The number of ether oxygens (including phenoxy) is 1. The molecular formula is C12H14N2O2. The van der Waals surface area contributed by atoms with Crippen molar-refractivity contribution in [2.45, 2.75) is 6.92 Å². The minimum atomic E-state index is 0.0281. The van der Waals surface area contributed by atoms with Crippen molar-refractivity contribution in [2.75, 3.05) is 13.2 Å². The third kappa shape index (κ3) is 2.23. The summed E-state index contributed by atoms with van der Waals surface area (Å²) in [7, 11) is 0. The molecule has 84 valence electrons. The molecule has 0 bridgehead atoms. The van der Waals surface area contributed by atoms with E-state index >= 15 is 0 Å². The Kier molecular flexibility index (Phi) is 3.22. The van der Waals surface area contributed by atoms with Crippen LogP contribution in [0.4, 0.5) is 0 Å². The van der Waals surface area contributed by atoms with E-state index in [9.17, 15) is 0 Å². The van der Waals surface area contributed by atoms with Crippen molar-refractivity contribution in [3.05, 3.63) is 42.2 Å². The molecule has 0 fully saturated rings. The number of rotatable bonds is 4. The highest BCUT2D eigenvalue weighted by molar-refractivity contribution is 5.43. The first-order valence-corrected chi connectivity index (χ1v) is 5.15. The van der Waals surface area contributed by atoms with Crippen molar-refractivity contribution >= 4 is 0 Å². The Morgan fingerprint density at radius 3 is 2.94 bits per heavy atom. The zero-order valence-electron chi connectivity index (χ0n) is 9.13. The van der Waals surface area contributed by atoms with Crippen LogP contribution in [-0.4, -0.2) is 28.1 Å². The summed E-state index contributed by atoms with van der Waals surface area (Å²) in [5.41, 5.74) is 2.03. The van der Waals surface area contributed by atoms with E-state index in [4.69, 9.17) is 9.84 Å². The maximum atomic E-state index is 8.68. The highest BCUT2D eigenvalue weighted by Gasteiger charge is 2.02. The van der Waals surface area contributed by atoms with Gasteiger partial charge in [0.15, 0.2) is 0 Å². The number of nitrogens with zero attached hydrogens (tertiary/aromatic N) is 2. The van der Waals surface area contributed by atoms with E-state index in [1.807, 2.05) is 37.4 Å². The largest absolute Gasteiger partial charge is 0.491 e. The molecule has 0 saturated carbocycles. The Morgan fingerprint density at radius 2 is 2.31 bits per heavy atom. The van der Waals surface area contributed by atoms with Gasteiger partial charge < -0.3 is 9.84 Å². The normalized spacial score (nSPS) is 10.4. The minimum Gasteiger partial charge on any atom is -0.491 e. The van der Waals surface area contributed by atoms with Gasteiger partial charge in [-0.1, -0.05) is 0 Å². The number of aliphatic hydroxyl groups excluding tert-OH is 1. The summed E-state index contributed by atoms with van der Waals surface area (Å²) in [6.45, 7) is 2.32. The third-order valence-electron chi connectivity index (χ3n) is 2.28.